The van der Waals surface area contributed by atoms with Gasteiger partial charge in [0.1, 0.15) is 17.5 Å². The fourth-order valence-electron chi connectivity index (χ4n) is 2.44. The van der Waals surface area contributed by atoms with E-state index in [2.05, 4.69) is 10.2 Å². The molecule has 0 aromatic heterocycles. The predicted octanol–water partition coefficient (Wildman–Crippen LogP) is 1.12. The summed E-state index contributed by atoms with van der Waals surface area (Å²) in [6.45, 7) is 3.63. The molecule has 2 rings (SSSR count). The summed E-state index contributed by atoms with van der Waals surface area (Å²) in [6, 6.07) is 8.33. The van der Waals surface area contributed by atoms with Gasteiger partial charge in [0.2, 0.25) is 0 Å². The van der Waals surface area contributed by atoms with Gasteiger partial charge < -0.3 is 19.9 Å². The first-order valence-electron chi connectivity index (χ1n) is 7.77. The number of carbonyl (C=O) groups is 1. The second-order valence-electron chi connectivity index (χ2n) is 5.40. The molecule has 0 radical (unpaired) electrons. The molecule has 7 heteroatoms. The van der Waals surface area contributed by atoms with Gasteiger partial charge in [-0.3, -0.25) is 4.79 Å². The molecular weight excluding hydrogens is 311 g/mol. The Hall–Kier alpha value is -2.59. The van der Waals surface area contributed by atoms with E-state index in [1.54, 1.807) is 25.4 Å². The molecule has 0 saturated carbocycles. The van der Waals surface area contributed by atoms with E-state index in [9.17, 15) is 9.18 Å². The number of carbonyl (C=O) groups excluding carboxylic acids is 1. The molecule has 0 atom stereocenters. The third-order valence-corrected chi connectivity index (χ3v) is 3.77. The molecule has 24 heavy (non-hydrogen) atoms. The van der Waals surface area contributed by atoms with Crippen LogP contribution in [0.4, 0.5) is 10.1 Å². The first-order chi connectivity index (χ1) is 11.6. The summed E-state index contributed by atoms with van der Waals surface area (Å²) < 4.78 is 17.8. The Kier molecular flexibility index (Phi) is 6.58. The van der Waals surface area contributed by atoms with Crippen LogP contribution in [0, 0.1) is 17.1 Å². The lowest BCUT2D eigenvalue weighted by Crippen LogP contribution is -2.44. The maximum atomic E-state index is 13.0. The van der Waals surface area contributed by atoms with Crippen molar-refractivity contribution in [3.63, 3.8) is 0 Å². The predicted molar refractivity (Wildman–Crippen MR) is 88.8 cm³/mol. The van der Waals surface area contributed by atoms with Crippen LogP contribution in [0.15, 0.2) is 36.0 Å². The Balaban J connectivity index is 1.89. The largest absolute Gasteiger partial charge is 0.383 e. The van der Waals surface area contributed by atoms with E-state index >= 15 is 0 Å². The van der Waals surface area contributed by atoms with Gasteiger partial charge in [-0.15, -0.1) is 0 Å². The molecular formula is C17H21FN4O2. The van der Waals surface area contributed by atoms with Crippen molar-refractivity contribution in [3.05, 3.63) is 41.9 Å². The first kappa shape index (κ1) is 17.8. The van der Waals surface area contributed by atoms with Crippen molar-refractivity contribution in [1.82, 2.24) is 10.2 Å². The van der Waals surface area contributed by atoms with Gasteiger partial charge in [-0.05, 0) is 24.3 Å². The summed E-state index contributed by atoms with van der Waals surface area (Å²) in [5, 5.41) is 11.8. The molecule has 0 bridgehead atoms. The molecule has 1 amide bonds. The summed E-state index contributed by atoms with van der Waals surface area (Å²) in [7, 11) is 1.55. The first-order valence-corrected chi connectivity index (χ1v) is 7.77. The van der Waals surface area contributed by atoms with Crippen LogP contribution in [-0.4, -0.2) is 57.2 Å². The van der Waals surface area contributed by atoms with Crippen molar-refractivity contribution >= 4 is 11.6 Å². The molecule has 0 unspecified atom stereocenters. The summed E-state index contributed by atoms with van der Waals surface area (Å²) >= 11 is 0. The van der Waals surface area contributed by atoms with Crippen LogP contribution >= 0.6 is 0 Å². The second-order valence-corrected chi connectivity index (χ2v) is 5.40. The number of halogens is 1. The maximum Gasteiger partial charge on any atom is 0.263 e. The highest BCUT2D eigenvalue weighted by molar-refractivity contribution is 5.97. The van der Waals surface area contributed by atoms with E-state index in [1.165, 1.54) is 12.1 Å². The number of methoxy groups -OCH3 is 1. The molecule has 6 nitrogen and oxygen atoms in total. The van der Waals surface area contributed by atoms with Crippen LogP contribution in [0.2, 0.25) is 0 Å². The number of nitriles is 1. The lowest BCUT2D eigenvalue weighted by Gasteiger charge is -2.35. The average Bonchev–Trinajstić information content (AvgIpc) is 2.61. The molecule has 1 fully saturated rings. The molecule has 0 spiro atoms. The number of piperazine rings is 1. The number of benzene rings is 1. The van der Waals surface area contributed by atoms with Crippen LogP contribution in [-0.2, 0) is 9.53 Å². The Bertz CT molecular complexity index is 616. The number of amides is 1. The monoisotopic (exact) mass is 332 g/mol. The minimum absolute atomic E-state index is 0.0846. The van der Waals surface area contributed by atoms with Gasteiger partial charge in [0.05, 0.1) is 6.61 Å². The minimum Gasteiger partial charge on any atom is -0.383 e. The van der Waals surface area contributed by atoms with Crippen molar-refractivity contribution in [2.75, 3.05) is 51.3 Å². The maximum absolute atomic E-state index is 13.0. The number of nitrogens with zero attached hydrogens (tertiary/aromatic N) is 3. The fraction of sp³-hybridized carbons (Fsp3) is 0.412. The quantitative estimate of drug-likeness (QED) is 0.480. The highest BCUT2D eigenvalue weighted by atomic mass is 19.1. The van der Waals surface area contributed by atoms with Crippen LogP contribution in [0.5, 0.6) is 0 Å². The van der Waals surface area contributed by atoms with E-state index in [0.717, 1.165) is 18.8 Å². The number of rotatable bonds is 6. The summed E-state index contributed by atoms with van der Waals surface area (Å²) in [5.41, 5.74) is 1.05. The van der Waals surface area contributed by atoms with Crippen LogP contribution in [0.25, 0.3) is 0 Å². The molecule has 1 heterocycles. The topological polar surface area (TPSA) is 68.6 Å². The molecule has 1 aromatic carbocycles. The average molecular weight is 332 g/mol. The standard InChI is InChI=1S/C17H21FN4O2/c1-24-11-6-20-17(23)14(12-19)13-21-7-9-22(10-8-21)16-4-2-15(18)3-5-16/h2-5,13H,6-11H2,1H3,(H,20,23)/b14-13-. The highest BCUT2D eigenvalue weighted by Crippen LogP contribution is 2.17. The lowest BCUT2D eigenvalue weighted by atomic mass is 10.2. The van der Waals surface area contributed by atoms with Gasteiger partial charge in [0.25, 0.3) is 5.91 Å². The van der Waals surface area contributed by atoms with Crippen molar-refractivity contribution in [3.8, 4) is 6.07 Å². The Morgan fingerprint density at radius 2 is 2.00 bits per heavy atom. The van der Waals surface area contributed by atoms with Gasteiger partial charge >= 0.3 is 0 Å². The molecule has 1 aliphatic heterocycles. The number of nitrogens with one attached hydrogen (secondary N) is 1. The minimum atomic E-state index is -0.393. The molecule has 0 aliphatic carbocycles. The SMILES string of the molecule is COCCNC(=O)/C(C#N)=C\N1CCN(c2ccc(F)cc2)CC1. The van der Waals surface area contributed by atoms with E-state index in [-0.39, 0.29) is 11.4 Å². The molecule has 1 N–H and O–H groups in total. The Morgan fingerprint density at radius 1 is 1.33 bits per heavy atom. The van der Waals surface area contributed by atoms with E-state index in [1.807, 2.05) is 11.0 Å². The normalized spacial score (nSPS) is 15.1. The summed E-state index contributed by atoms with van der Waals surface area (Å²) in [4.78, 5) is 16.0. The smallest absolute Gasteiger partial charge is 0.263 e. The molecule has 128 valence electrons. The number of ether oxygens (including phenoxy) is 1. The Labute approximate surface area is 141 Å². The van der Waals surface area contributed by atoms with Crippen molar-refractivity contribution < 1.29 is 13.9 Å². The van der Waals surface area contributed by atoms with E-state index < -0.39 is 5.91 Å². The zero-order valence-corrected chi connectivity index (χ0v) is 13.7. The zero-order valence-electron chi connectivity index (χ0n) is 13.7. The Morgan fingerprint density at radius 3 is 2.58 bits per heavy atom. The lowest BCUT2D eigenvalue weighted by molar-refractivity contribution is -0.117. The van der Waals surface area contributed by atoms with Gasteiger partial charge in [-0.25, -0.2) is 4.39 Å². The van der Waals surface area contributed by atoms with Crippen molar-refractivity contribution in [2.24, 2.45) is 0 Å². The van der Waals surface area contributed by atoms with Crippen molar-refractivity contribution in [1.29, 1.82) is 5.26 Å². The van der Waals surface area contributed by atoms with E-state index in [4.69, 9.17) is 10.00 Å². The van der Waals surface area contributed by atoms with Crippen LogP contribution < -0.4 is 10.2 Å². The van der Waals surface area contributed by atoms with Crippen LogP contribution in [0.1, 0.15) is 0 Å². The third kappa shape index (κ3) is 4.96. The number of hydrogen-bond donors (Lipinski definition) is 1. The number of hydrogen-bond acceptors (Lipinski definition) is 5. The number of anilines is 1. The van der Waals surface area contributed by atoms with Gasteiger partial charge in [-0.2, -0.15) is 5.26 Å². The van der Waals surface area contributed by atoms with Gasteiger partial charge in [-0.1, -0.05) is 0 Å². The molecule has 1 saturated heterocycles. The van der Waals surface area contributed by atoms with E-state index in [0.29, 0.717) is 26.2 Å². The fourth-order valence-corrected chi connectivity index (χ4v) is 2.44. The van der Waals surface area contributed by atoms with Gasteiger partial charge in [0.15, 0.2) is 0 Å². The van der Waals surface area contributed by atoms with Crippen LogP contribution in [0.3, 0.4) is 0 Å². The summed E-state index contributed by atoms with van der Waals surface area (Å²) in [6.07, 6.45) is 1.60. The third-order valence-electron chi connectivity index (χ3n) is 3.77. The highest BCUT2D eigenvalue weighted by Gasteiger charge is 2.17. The zero-order chi connectivity index (χ0) is 17.4. The summed E-state index contributed by atoms with van der Waals surface area (Å²) in [5.74, 6) is -0.644. The molecule has 1 aromatic rings. The van der Waals surface area contributed by atoms with Gasteiger partial charge in [0, 0.05) is 51.7 Å². The molecule has 1 aliphatic rings. The second kappa shape index (κ2) is 8.89. The van der Waals surface area contributed by atoms with Crippen molar-refractivity contribution in [2.45, 2.75) is 0 Å².